The molecule has 3 heterocycles. The molecule has 4 rings (SSSR count). The minimum atomic E-state index is -3.83. The molecule has 0 atom stereocenters. The summed E-state index contributed by atoms with van der Waals surface area (Å²) in [7, 11) is -3.83. The van der Waals surface area contributed by atoms with E-state index >= 15 is 0 Å². The van der Waals surface area contributed by atoms with Gasteiger partial charge in [0.2, 0.25) is 5.91 Å². The van der Waals surface area contributed by atoms with E-state index in [2.05, 4.69) is 9.71 Å². The van der Waals surface area contributed by atoms with E-state index in [9.17, 15) is 13.2 Å². The van der Waals surface area contributed by atoms with Gasteiger partial charge in [-0.2, -0.15) is 0 Å². The summed E-state index contributed by atoms with van der Waals surface area (Å²) >= 11 is 2.98. The molecule has 1 aliphatic heterocycles. The zero-order valence-corrected chi connectivity index (χ0v) is 20.5. The molecule has 170 valence electrons. The third-order valence-electron chi connectivity index (χ3n) is 5.36. The predicted molar refractivity (Wildman–Crippen MR) is 130 cm³/mol. The number of carbonyl (C=O) groups is 1. The molecule has 0 unspecified atom stereocenters. The highest BCUT2D eigenvalue weighted by molar-refractivity contribution is 7.98. The van der Waals surface area contributed by atoms with Crippen molar-refractivity contribution in [2.75, 3.05) is 24.1 Å². The zero-order valence-electron chi connectivity index (χ0n) is 18.1. The molecule has 1 amide bonds. The number of sulfonamides is 1. The summed E-state index contributed by atoms with van der Waals surface area (Å²) in [6.45, 7) is 3.49. The minimum absolute atomic E-state index is 0.000549. The number of aryl methyl sites for hydroxylation is 1. The highest BCUT2D eigenvalue weighted by Gasteiger charge is 2.24. The molecule has 1 aliphatic rings. The number of carbonyl (C=O) groups excluding carboxylic acids is 1. The van der Waals surface area contributed by atoms with Gasteiger partial charge in [0.1, 0.15) is 16.4 Å². The molecule has 3 aromatic rings. The van der Waals surface area contributed by atoms with Crippen molar-refractivity contribution in [1.82, 2.24) is 14.5 Å². The van der Waals surface area contributed by atoms with Gasteiger partial charge in [0.15, 0.2) is 0 Å². The lowest BCUT2D eigenvalue weighted by Gasteiger charge is -2.27. The van der Waals surface area contributed by atoms with Crippen molar-refractivity contribution >= 4 is 44.7 Å². The lowest BCUT2D eigenvalue weighted by Crippen LogP contribution is -2.37. The molecule has 1 fully saturated rings. The van der Waals surface area contributed by atoms with Crippen molar-refractivity contribution in [3.05, 3.63) is 47.6 Å². The van der Waals surface area contributed by atoms with Crippen LogP contribution in [0.3, 0.4) is 0 Å². The molecule has 0 bridgehead atoms. The Morgan fingerprint density at radius 2 is 2.00 bits per heavy atom. The molecule has 1 N–H and O–H groups in total. The van der Waals surface area contributed by atoms with Crippen LogP contribution in [0.1, 0.15) is 25.0 Å². The highest BCUT2D eigenvalue weighted by Crippen LogP contribution is 2.29. The fourth-order valence-electron chi connectivity index (χ4n) is 3.70. The molecule has 7 nitrogen and oxygen atoms in total. The monoisotopic (exact) mass is 490 g/mol. The van der Waals surface area contributed by atoms with Crippen molar-refractivity contribution in [3.63, 3.8) is 0 Å². The number of rotatable bonds is 7. The molecular formula is C22H26N4O3S3. The van der Waals surface area contributed by atoms with Crippen molar-refractivity contribution in [1.29, 1.82) is 0 Å². The second-order valence-corrected chi connectivity index (χ2v) is 11.2. The zero-order chi connectivity index (χ0) is 22.7. The Bertz CT molecular complexity index is 1210. The van der Waals surface area contributed by atoms with E-state index in [-0.39, 0.29) is 17.3 Å². The van der Waals surface area contributed by atoms with Gasteiger partial charge < -0.3 is 9.47 Å². The normalized spacial score (nSPS) is 14.5. The third-order valence-corrected chi connectivity index (χ3v) is 8.41. The Hall–Kier alpha value is -2.30. The molecule has 0 spiro atoms. The van der Waals surface area contributed by atoms with E-state index < -0.39 is 10.0 Å². The first kappa shape index (κ1) is 22.9. The Kier molecular flexibility index (Phi) is 6.92. The number of benzene rings is 1. The van der Waals surface area contributed by atoms with Gasteiger partial charge in [0.25, 0.3) is 10.0 Å². The molecule has 32 heavy (non-hydrogen) atoms. The van der Waals surface area contributed by atoms with E-state index in [1.807, 2.05) is 35.6 Å². The molecule has 0 saturated carbocycles. The minimum Gasteiger partial charge on any atom is -0.341 e. The van der Waals surface area contributed by atoms with Crippen LogP contribution in [0.4, 0.5) is 5.69 Å². The van der Waals surface area contributed by atoms with Gasteiger partial charge in [-0.3, -0.25) is 9.52 Å². The van der Waals surface area contributed by atoms with Gasteiger partial charge in [-0.25, -0.2) is 13.4 Å². The largest absolute Gasteiger partial charge is 0.341 e. The number of hydrogen-bond donors (Lipinski definition) is 1. The van der Waals surface area contributed by atoms with E-state index in [0.29, 0.717) is 16.4 Å². The molecule has 0 radical (unpaired) electrons. The van der Waals surface area contributed by atoms with Crippen LogP contribution in [0.15, 0.2) is 51.7 Å². The van der Waals surface area contributed by atoms with Crippen LogP contribution in [0.2, 0.25) is 0 Å². The van der Waals surface area contributed by atoms with E-state index in [1.54, 1.807) is 34.5 Å². The maximum absolute atomic E-state index is 13.1. The molecular weight excluding hydrogens is 464 g/mol. The number of thioether (sulfide) groups is 1. The summed E-state index contributed by atoms with van der Waals surface area (Å²) in [4.78, 5) is 20.4. The number of piperidine rings is 1. The summed E-state index contributed by atoms with van der Waals surface area (Å²) in [5, 5.41) is 2.61. The molecule has 0 aliphatic carbocycles. The number of thiazole rings is 1. The number of aromatic nitrogens is 2. The molecule has 1 saturated heterocycles. The number of hydrogen-bond acceptors (Lipinski definition) is 6. The first-order valence-corrected chi connectivity index (χ1v) is 14.0. The van der Waals surface area contributed by atoms with Gasteiger partial charge in [0, 0.05) is 40.9 Å². The van der Waals surface area contributed by atoms with Gasteiger partial charge in [-0.05, 0) is 56.7 Å². The van der Waals surface area contributed by atoms with E-state index in [0.717, 1.165) is 42.9 Å². The standard InChI is InChI=1S/C22H26N4O3S3/c1-16-15-31-22(23-16)20-12-19(13-26(20)14-21(27)25-9-4-3-5-10-25)32(28,29)24-17-7-6-8-18(11-17)30-2/h6-8,11-13,15,24H,3-5,9-10,14H2,1-2H3. The number of nitrogens with one attached hydrogen (secondary N) is 1. The average Bonchev–Trinajstić information content (AvgIpc) is 3.40. The maximum atomic E-state index is 13.1. The highest BCUT2D eigenvalue weighted by atomic mass is 32.2. The second kappa shape index (κ2) is 9.68. The van der Waals surface area contributed by atoms with Crippen molar-refractivity contribution in [2.24, 2.45) is 0 Å². The number of nitrogens with zero attached hydrogens (tertiary/aromatic N) is 3. The maximum Gasteiger partial charge on any atom is 0.263 e. The van der Waals surface area contributed by atoms with Crippen molar-refractivity contribution in [3.8, 4) is 10.7 Å². The lowest BCUT2D eigenvalue weighted by molar-refractivity contribution is -0.132. The summed E-state index contributed by atoms with van der Waals surface area (Å²) in [5.74, 6) is -0.000549. The SMILES string of the molecule is CSc1cccc(NS(=O)(=O)c2cc(-c3nc(C)cs3)n(CC(=O)N3CCCCC3)c2)c1. The summed E-state index contributed by atoms with van der Waals surface area (Å²) < 4.78 is 30.7. The van der Waals surface area contributed by atoms with Crippen LogP contribution in [0.5, 0.6) is 0 Å². The Balaban J connectivity index is 1.65. The number of anilines is 1. The fourth-order valence-corrected chi connectivity index (χ4v) is 6.08. The molecule has 1 aromatic carbocycles. The smallest absolute Gasteiger partial charge is 0.263 e. The lowest BCUT2D eigenvalue weighted by atomic mass is 10.1. The van der Waals surface area contributed by atoms with Gasteiger partial charge in [0.05, 0.1) is 5.69 Å². The first-order valence-electron chi connectivity index (χ1n) is 10.4. The van der Waals surface area contributed by atoms with E-state index in [4.69, 9.17) is 0 Å². The first-order chi connectivity index (χ1) is 15.4. The Morgan fingerprint density at radius 1 is 1.22 bits per heavy atom. The predicted octanol–water partition coefficient (Wildman–Crippen LogP) is 4.46. The van der Waals surface area contributed by atoms with Crippen LogP contribution in [0, 0.1) is 6.92 Å². The average molecular weight is 491 g/mol. The van der Waals surface area contributed by atoms with Crippen LogP contribution < -0.4 is 4.72 Å². The second-order valence-electron chi connectivity index (χ2n) is 7.76. The van der Waals surface area contributed by atoms with Crippen molar-refractivity contribution < 1.29 is 13.2 Å². The fraction of sp³-hybridized carbons (Fsp3) is 0.364. The number of amides is 1. The van der Waals surface area contributed by atoms with Crippen LogP contribution >= 0.6 is 23.1 Å². The summed E-state index contributed by atoms with van der Waals surface area (Å²) in [6, 6.07) is 8.86. The summed E-state index contributed by atoms with van der Waals surface area (Å²) in [5.41, 5.74) is 1.99. The molecule has 2 aromatic heterocycles. The Morgan fingerprint density at radius 3 is 2.69 bits per heavy atom. The molecule has 10 heteroatoms. The van der Waals surface area contributed by atoms with Gasteiger partial charge >= 0.3 is 0 Å². The van der Waals surface area contributed by atoms with E-state index in [1.165, 1.54) is 17.5 Å². The Labute approximate surface area is 196 Å². The van der Waals surface area contributed by atoms with Gasteiger partial charge in [-0.15, -0.1) is 23.1 Å². The van der Waals surface area contributed by atoms with Crippen LogP contribution in [0.25, 0.3) is 10.7 Å². The number of likely N-dealkylation sites (tertiary alicyclic amines) is 1. The van der Waals surface area contributed by atoms with Crippen LogP contribution in [-0.4, -0.2) is 48.1 Å². The topological polar surface area (TPSA) is 84.3 Å². The van der Waals surface area contributed by atoms with Crippen LogP contribution in [-0.2, 0) is 21.4 Å². The van der Waals surface area contributed by atoms with Gasteiger partial charge in [-0.1, -0.05) is 6.07 Å². The van der Waals surface area contributed by atoms with Crippen molar-refractivity contribution in [2.45, 2.75) is 42.5 Å². The summed E-state index contributed by atoms with van der Waals surface area (Å²) in [6.07, 6.45) is 6.63. The third kappa shape index (κ3) is 5.19. The quantitative estimate of drug-likeness (QED) is 0.495.